The molecule has 1 unspecified atom stereocenters. The van der Waals surface area contributed by atoms with Crippen LogP contribution in [0.1, 0.15) is 24.0 Å². The number of carbonyl (C=O) groups excluding carboxylic acids is 2. The molecule has 1 atom stereocenters. The van der Waals surface area contributed by atoms with E-state index in [-0.39, 0.29) is 17.3 Å². The maximum atomic E-state index is 12.5. The maximum Gasteiger partial charge on any atom is 0.198 e. The fraction of sp³-hybridized carbons (Fsp3) is 0.118. The third-order valence-electron chi connectivity index (χ3n) is 3.59. The molecule has 0 aromatic heterocycles. The van der Waals surface area contributed by atoms with E-state index in [1.165, 1.54) is 6.92 Å². The van der Waals surface area contributed by atoms with Crippen molar-refractivity contribution in [1.29, 1.82) is 0 Å². The lowest BCUT2D eigenvalue weighted by atomic mass is 9.97. The third-order valence-corrected chi connectivity index (χ3v) is 3.92. The van der Waals surface area contributed by atoms with Crippen molar-refractivity contribution in [2.75, 3.05) is 5.43 Å². The van der Waals surface area contributed by atoms with Gasteiger partial charge in [0.05, 0.1) is 10.7 Å². The largest absolute Gasteiger partial charge is 0.299 e. The predicted molar refractivity (Wildman–Crippen MR) is 86.5 cm³/mol. The van der Waals surface area contributed by atoms with Gasteiger partial charge in [0.25, 0.3) is 0 Å². The van der Waals surface area contributed by atoms with E-state index in [0.717, 1.165) is 0 Å². The van der Waals surface area contributed by atoms with E-state index < -0.39 is 5.92 Å². The Morgan fingerprint density at radius 2 is 1.82 bits per heavy atom. The van der Waals surface area contributed by atoms with Crippen molar-refractivity contribution >= 4 is 34.6 Å². The summed E-state index contributed by atoms with van der Waals surface area (Å²) in [6.07, 6.45) is 0. The first-order chi connectivity index (χ1) is 10.6. The van der Waals surface area contributed by atoms with Crippen LogP contribution in [0.4, 0.5) is 5.69 Å². The summed E-state index contributed by atoms with van der Waals surface area (Å²) in [7, 11) is 0. The molecule has 0 saturated heterocycles. The van der Waals surface area contributed by atoms with E-state index in [9.17, 15) is 9.59 Å². The first-order valence-corrected chi connectivity index (χ1v) is 7.19. The van der Waals surface area contributed by atoms with Crippen LogP contribution in [0.25, 0.3) is 0 Å². The number of Topliss-reactive ketones (excluding diaryl/α,β-unsaturated/α-hetero) is 2. The van der Waals surface area contributed by atoms with Crippen LogP contribution in [0, 0.1) is 0 Å². The molecule has 0 radical (unpaired) electrons. The molecule has 2 aromatic rings. The van der Waals surface area contributed by atoms with Crippen molar-refractivity contribution in [3.63, 3.8) is 0 Å². The number of nitrogens with zero attached hydrogens (tertiary/aromatic N) is 1. The van der Waals surface area contributed by atoms with Gasteiger partial charge >= 0.3 is 0 Å². The van der Waals surface area contributed by atoms with Gasteiger partial charge in [-0.3, -0.25) is 15.0 Å². The number of fused-ring (bicyclic) bond motifs is 1. The molecule has 2 aromatic carbocycles. The van der Waals surface area contributed by atoms with Gasteiger partial charge in [0.2, 0.25) is 0 Å². The van der Waals surface area contributed by atoms with Crippen LogP contribution < -0.4 is 5.43 Å². The zero-order valence-corrected chi connectivity index (χ0v) is 12.6. The van der Waals surface area contributed by atoms with Crippen LogP contribution in [-0.4, -0.2) is 17.3 Å². The summed E-state index contributed by atoms with van der Waals surface area (Å²) in [6, 6.07) is 14.3. The Kier molecular flexibility index (Phi) is 3.77. The van der Waals surface area contributed by atoms with Gasteiger partial charge in [-0.05, 0) is 24.6 Å². The Morgan fingerprint density at radius 1 is 1.14 bits per heavy atom. The molecule has 1 aliphatic carbocycles. The molecular formula is C17H13ClN2O2. The number of rotatable bonds is 3. The summed E-state index contributed by atoms with van der Waals surface area (Å²) in [5.41, 5.74) is 5.07. The molecule has 22 heavy (non-hydrogen) atoms. The molecule has 0 bridgehead atoms. The molecule has 110 valence electrons. The standard InChI is InChI=1S/C17H13ClN2O2/c1-10(21)15-11-6-2-3-7-12(11)16(17(15)22)20-19-14-9-5-4-8-13(14)18/h2-9,15,19H,1H3. The molecule has 0 spiro atoms. The van der Waals surface area contributed by atoms with Crippen LogP contribution in [0.5, 0.6) is 0 Å². The SMILES string of the molecule is CC(=O)C1C(=O)C(=NNc2ccccc2Cl)c2ccccc21. The smallest absolute Gasteiger partial charge is 0.198 e. The van der Waals surface area contributed by atoms with Gasteiger partial charge in [0.1, 0.15) is 17.4 Å². The van der Waals surface area contributed by atoms with E-state index in [1.54, 1.807) is 24.3 Å². The Hall–Kier alpha value is -2.46. The van der Waals surface area contributed by atoms with E-state index >= 15 is 0 Å². The van der Waals surface area contributed by atoms with Crippen molar-refractivity contribution in [1.82, 2.24) is 0 Å². The summed E-state index contributed by atoms with van der Waals surface area (Å²) in [5.74, 6) is -1.23. The Labute approximate surface area is 132 Å². The highest BCUT2D eigenvalue weighted by atomic mass is 35.5. The molecule has 0 fully saturated rings. The van der Waals surface area contributed by atoms with Gasteiger partial charge in [-0.1, -0.05) is 48.0 Å². The lowest BCUT2D eigenvalue weighted by Gasteiger charge is -2.04. The average Bonchev–Trinajstić information content (AvgIpc) is 2.78. The van der Waals surface area contributed by atoms with Gasteiger partial charge in [0, 0.05) is 5.56 Å². The van der Waals surface area contributed by atoms with Crippen molar-refractivity contribution in [3.8, 4) is 0 Å². The minimum atomic E-state index is -0.761. The second-order valence-corrected chi connectivity index (χ2v) is 5.45. The second kappa shape index (κ2) is 5.73. The number of nitrogens with one attached hydrogen (secondary N) is 1. The number of ketones is 2. The molecule has 0 aliphatic heterocycles. The van der Waals surface area contributed by atoms with Gasteiger partial charge in [0.15, 0.2) is 5.78 Å². The second-order valence-electron chi connectivity index (χ2n) is 5.05. The number of para-hydroxylation sites is 1. The van der Waals surface area contributed by atoms with Gasteiger partial charge < -0.3 is 0 Å². The lowest BCUT2D eigenvalue weighted by molar-refractivity contribution is -0.124. The first kappa shape index (κ1) is 14.5. The maximum absolute atomic E-state index is 12.5. The predicted octanol–water partition coefficient (Wildman–Crippen LogP) is 3.41. The summed E-state index contributed by atoms with van der Waals surface area (Å²) in [6.45, 7) is 1.42. The first-order valence-electron chi connectivity index (χ1n) is 6.82. The quantitative estimate of drug-likeness (QED) is 0.698. The molecule has 1 aliphatic rings. The van der Waals surface area contributed by atoms with Gasteiger partial charge in [-0.2, -0.15) is 5.10 Å². The van der Waals surface area contributed by atoms with Crippen molar-refractivity contribution in [3.05, 3.63) is 64.7 Å². The molecule has 0 heterocycles. The lowest BCUT2D eigenvalue weighted by Crippen LogP contribution is -2.19. The number of anilines is 1. The minimum absolute atomic E-state index is 0.180. The van der Waals surface area contributed by atoms with Crippen LogP contribution in [0.15, 0.2) is 53.6 Å². The third kappa shape index (κ3) is 2.42. The number of halogens is 1. The van der Waals surface area contributed by atoms with Crippen LogP contribution in [0.2, 0.25) is 5.02 Å². The summed E-state index contributed by atoms with van der Waals surface area (Å²) in [5, 5.41) is 4.70. The highest BCUT2D eigenvalue weighted by Gasteiger charge is 2.39. The summed E-state index contributed by atoms with van der Waals surface area (Å²) in [4.78, 5) is 24.3. The van der Waals surface area contributed by atoms with E-state index in [0.29, 0.717) is 21.8 Å². The fourth-order valence-corrected chi connectivity index (χ4v) is 2.74. The summed E-state index contributed by atoms with van der Waals surface area (Å²) >= 11 is 6.05. The molecule has 4 nitrogen and oxygen atoms in total. The van der Waals surface area contributed by atoms with Gasteiger partial charge in [-0.15, -0.1) is 0 Å². The molecule has 1 N–H and O–H groups in total. The Morgan fingerprint density at radius 3 is 2.55 bits per heavy atom. The number of hydrogen-bond donors (Lipinski definition) is 1. The van der Waals surface area contributed by atoms with Crippen LogP contribution in [-0.2, 0) is 9.59 Å². The van der Waals surface area contributed by atoms with Crippen molar-refractivity contribution < 1.29 is 9.59 Å². The number of hydrazone groups is 1. The van der Waals surface area contributed by atoms with Crippen molar-refractivity contribution in [2.45, 2.75) is 12.8 Å². The molecule has 3 rings (SSSR count). The number of carbonyl (C=O) groups is 2. The van der Waals surface area contributed by atoms with E-state index in [1.807, 2.05) is 24.3 Å². The average molecular weight is 313 g/mol. The highest BCUT2D eigenvalue weighted by Crippen LogP contribution is 2.31. The van der Waals surface area contributed by atoms with Crippen LogP contribution in [0.3, 0.4) is 0 Å². The zero-order valence-electron chi connectivity index (χ0n) is 11.8. The molecule has 0 saturated carbocycles. The van der Waals surface area contributed by atoms with Crippen LogP contribution >= 0.6 is 11.6 Å². The minimum Gasteiger partial charge on any atom is -0.299 e. The zero-order chi connectivity index (χ0) is 15.7. The molecular weight excluding hydrogens is 300 g/mol. The fourth-order valence-electron chi connectivity index (χ4n) is 2.56. The highest BCUT2D eigenvalue weighted by molar-refractivity contribution is 6.54. The van der Waals surface area contributed by atoms with E-state index in [2.05, 4.69) is 10.5 Å². The molecule has 0 amide bonds. The number of benzene rings is 2. The number of hydrogen-bond acceptors (Lipinski definition) is 4. The molecule has 5 heteroatoms. The topological polar surface area (TPSA) is 58.5 Å². The van der Waals surface area contributed by atoms with Gasteiger partial charge in [-0.25, -0.2) is 0 Å². The van der Waals surface area contributed by atoms with E-state index in [4.69, 9.17) is 11.6 Å². The summed E-state index contributed by atoms with van der Waals surface area (Å²) < 4.78 is 0. The normalized spacial score (nSPS) is 18.4. The monoisotopic (exact) mass is 312 g/mol. The Balaban J connectivity index is 2.01. The van der Waals surface area contributed by atoms with Crippen molar-refractivity contribution in [2.24, 2.45) is 5.10 Å². The Bertz CT molecular complexity index is 799.